The van der Waals surface area contributed by atoms with Crippen molar-refractivity contribution in [2.75, 3.05) is 13.2 Å². The molecule has 2 atom stereocenters. The van der Waals surface area contributed by atoms with Crippen LogP contribution in [0.1, 0.15) is 51.7 Å². The SMILES string of the molecule is C[C@H](NC(=O)OCC1c2ccccc2-c2ccccc21)C(=O)N[C@@H](C)C(=O)NCC(=O)OC(C)(C)C. The summed E-state index contributed by atoms with van der Waals surface area (Å²) in [4.78, 5) is 48.8. The van der Waals surface area contributed by atoms with Crippen LogP contribution in [-0.2, 0) is 23.9 Å². The van der Waals surface area contributed by atoms with E-state index in [-0.39, 0.29) is 19.1 Å². The summed E-state index contributed by atoms with van der Waals surface area (Å²) in [5.74, 6) is -1.80. The van der Waals surface area contributed by atoms with Crippen molar-refractivity contribution in [2.45, 2.75) is 58.2 Å². The fraction of sp³-hybridized carbons (Fsp3) is 0.407. The molecule has 36 heavy (non-hydrogen) atoms. The Morgan fingerprint density at radius 2 is 1.36 bits per heavy atom. The fourth-order valence-electron chi connectivity index (χ4n) is 3.98. The van der Waals surface area contributed by atoms with Gasteiger partial charge in [-0.05, 0) is 56.9 Å². The topological polar surface area (TPSA) is 123 Å². The second kappa shape index (κ2) is 11.2. The lowest BCUT2D eigenvalue weighted by Crippen LogP contribution is -2.52. The first-order chi connectivity index (χ1) is 17.0. The van der Waals surface area contributed by atoms with E-state index in [9.17, 15) is 19.2 Å². The minimum Gasteiger partial charge on any atom is -0.459 e. The Kier molecular flexibility index (Phi) is 8.34. The molecule has 0 unspecified atom stereocenters. The van der Waals surface area contributed by atoms with Gasteiger partial charge in [-0.1, -0.05) is 48.5 Å². The van der Waals surface area contributed by atoms with Crippen LogP contribution in [0.5, 0.6) is 0 Å². The van der Waals surface area contributed by atoms with Crippen LogP contribution in [0.3, 0.4) is 0 Å². The maximum atomic E-state index is 12.5. The summed E-state index contributed by atoms with van der Waals surface area (Å²) in [6.07, 6.45) is -0.735. The molecule has 0 heterocycles. The van der Waals surface area contributed by atoms with Crippen molar-refractivity contribution in [1.29, 1.82) is 0 Å². The summed E-state index contributed by atoms with van der Waals surface area (Å²) in [5, 5.41) is 7.42. The van der Waals surface area contributed by atoms with Crippen LogP contribution in [0.4, 0.5) is 4.79 Å². The second-order valence-electron chi connectivity index (χ2n) is 9.73. The van der Waals surface area contributed by atoms with Gasteiger partial charge < -0.3 is 25.4 Å². The quantitative estimate of drug-likeness (QED) is 0.484. The lowest BCUT2D eigenvalue weighted by molar-refractivity contribution is -0.154. The summed E-state index contributed by atoms with van der Waals surface area (Å²) < 4.78 is 10.6. The molecule has 3 rings (SSSR count). The number of nitrogens with one attached hydrogen (secondary N) is 3. The van der Waals surface area contributed by atoms with Crippen LogP contribution in [0.15, 0.2) is 48.5 Å². The highest BCUT2D eigenvalue weighted by atomic mass is 16.6. The van der Waals surface area contributed by atoms with Gasteiger partial charge in [0, 0.05) is 5.92 Å². The Labute approximate surface area is 210 Å². The molecule has 192 valence electrons. The van der Waals surface area contributed by atoms with Gasteiger partial charge >= 0.3 is 12.1 Å². The summed E-state index contributed by atoms with van der Waals surface area (Å²) in [6.45, 7) is 7.94. The summed E-state index contributed by atoms with van der Waals surface area (Å²) in [5.41, 5.74) is 3.75. The molecule has 9 heteroatoms. The normalized spacial score (nSPS) is 14.0. The smallest absolute Gasteiger partial charge is 0.407 e. The number of carbonyl (C=O) groups excluding carboxylic acids is 4. The molecule has 0 fully saturated rings. The van der Waals surface area contributed by atoms with E-state index >= 15 is 0 Å². The Bertz CT molecular complexity index is 1090. The van der Waals surface area contributed by atoms with Crippen molar-refractivity contribution in [3.63, 3.8) is 0 Å². The molecule has 0 aliphatic heterocycles. The van der Waals surface area contributed by atoms with Crippen LogP contribution in [0, 0.1) is 0 Å². The van der Waals surface area contributed by atoms with Crippen LogP contribution in [0.25, 0.3) is 11.1 Å². The molecule has 2 aromatic carbocycles. The molecule has 0 saturated heterocycles. The first-order valence-electron chi connectivity index (χ1n) is 11.9. The molecule has 0 spiro atoms. The third kappa shape index (κ3) is 6.84. The highest BCUT2D eigenvalue weighted by Crippen LogP contribution is 2.44. The largest absolute Gasteiger partial charge is 0.459 e. The first-order valence-corrected chi connectivity index (χ1v) is 11.9. The van der Waals surface area contributed by atoms with E-state index in [2.05, 4.69) is 16.0 Å². The van der Waals surface area contributed by atoms with E-state index in [0.717, 1.165) is 22.3 Å². The van der Waals surface area contributed by atoms with Crippen LogP contribution in [0.2, 0.25) is 0 Å². The number of esters is 1. The van der Waals surface area contributed by atoms with Crippen molar-refractivity contribution in [3.05, 3.63) is 59.7 Å². The van der Waals surface area contributed by atoms with E-state index < -0.39 is 41.6 Å². The number of carbonyl (C=O) groups is 4. The predicted molar refractivity (Wildman–Crippen MR) is 134 cm³/mol. The van der Waals surface area contributed by atoms with Gasteiger partial charge in [-0.3, -0.25) is 14.4 Å². The fourth-order valence-corrected chi connectivity index (χ4v) is 3.98. The maximum Gasteiger partial charge on any atom is 0.407 e. The average Bonchev–Trinajstić information content (AvgIpc) is 3.13. The summed E-state index contributed by atoms with van der Waals surface area (Å²) in [7, 11) is 0. The van der Waals surface area contributed by atoms with Crippen molar-refractivity contribution in [2.24, 2.45) is 0 Å². The number of rotatable bonds is 8. The Hall–Kier alpha value is -3.88. The zero-order chi connectivity index (χ0) is 26.5. The highest BCUT2D eigenvalue weighted by molar-refractivity contribution is 5.92. The number of benzene rings is 2. The summed E-state index contributed by atoms with van der Waals surface area (Å²) >= 11 is 0. The molecular weight excluding hydrogens is 462 g/mol. The molecule has 0 radical (unpaired) electrons. The lowest BCUT2D eigenvalue weighted by atomic mass is 9.98. The van der Waals surface area contributed by atoms with E-state index in [1.54, 1.807) is 20.8 Å². The van der Waals surface area contributed by atoms with Gasteiger partial charge in [-0.25, -0.2) is 4.79 Å². The standard InChI is InChI=1S/C27H33N3O6/c1-16(24(32)28-14-23(31)36-27(3,4)5)29-25(33)17(2)30-26(34)35-15-22-20-12-8-6-10-18(20)19-11-7-9-13-21(19)22/h6-13,16-17,22H,14-15H2,1-5H3,(H,28,32)(H,29,33)(H,30,34)/t16-,17-/m0/s1. The lowest BCUT2D eigenvalue weighted by Gasteiger charge is -2.21. The number of alkyl carbamates (subject to hydrolysis) is 1. The second-order valence-corrected chi connectivity index (χ2v) is 9.73. The van der Waals surface area contributed by atoms with Gasteiger partial charge in [0.1, 0.15) is 30.8 Å². The van der Waals surface area contributed by atoms with Gasteiger partial charge in [0.15, 0.2) is 0 Å². The molecule has 3 amide bonds. The van der Waals surface area contributed by atoms with E-state index in [0.29, 0.717) is 0 Å². The van der Waals surface area contributed by atoms with E-state index in [1.807, 2.05) is 48.5 Å². The number of hydrogen-bond donors (Lipinski definition) is 3. The van der Waals surface area contributed by atoms with Crippen molar-refractivity contribution < 1.29 is 28.7 Å². The van der Waals surface area contributed by atoms with Crippen molar-refractivity contribution >= 4 is 23.9 Å². The molecule has 0 bridgehead atoms. The van der Waals surface area contributed by atoms with Crippen LogP contribution < -0.4 is 16.0 Å². The number of hydrogen-bond acceptors (Lipinski definition) is 6. The van der Waals surface area contributed by atoms with Gasteiger partial charge in [-0.15, -0.1) is 0 Å². The highest BCUT2D eigenvalue weighted by Gasteiger charge is 2.29. The number of ether oxygens (including phenoxy) is 2. The van der Waals surface area contributed by atoms with E-state index in [4.69, 9.17) is 9.47 Å². The Morgan fingerprint density at radius 3 is 1.92 bits per heavy atom. The van der Waals surface area contributed by atoms with Crippen LogP contribution in [-0.4, -0.2) is 54.7 Å². The molecule has 3 N–H and O–H groups in total. The molecule has 1 aliphatic rings. The van der Waals surface area contributed by atoms with E-state index in [1.165, 1.54) is 13.8 Å². The predicted octanol–water partition coefficient (Wildman–Crippen LogP) is 2.88. The van der Waals surface area contributed by atoms with Crippen molar-refractivity contribution in [1.82, 2.24) is 16.0 Å². The molecule has 9 nitrogen and oxygen atoms in total. The Balaban J connectivity index is 1.46. The number of amides is 3. The van der Waals surface area contributed by atoms with Crippen LogP contribution >= 0.6 is 0 Å². The maximum absolute atomic E-state index is 12.5. The molecule has 0 saturated carbocycles. The zero-order valence-corrected chi connectivity index (χ0v) is 21.2. The average molecular weight is 496 g/mol. The zero-order valence-electron chi connectivity index (χ0n) is 21.2. The molecular formula is C27H33N3O6. The number of fused-ring (bicyclic) bond motifs is 3. The third-order valence-corrected chi connectivity index (χ3v) is 5.65. The minimum absolute atomic E-state index is 0.0963. The van der Waals surface area contributed by atoms with Gasteiger partial charge in [0.2, 0.25) is 11.8 Å². The Morgan fingerprint density at radius 1 is 0.833 bits per heavy atom. The van der Waals surface area contributed by atoms with Gasteiger partial charge in [0.05, 0.1) is 0 Å². The molecule has 0 aromatic heterocycles. The summed E-state index contributed by atoms with van der Waals surface area (Å²) in [6, 6.07) is 14.1. The molecule has 2 aromatic rings. The van der Waals surface area contributed by atoms with Crippen molar-refractivity contribution in [3.8, 4) is 11.1 Å². The molecule has 1 aliphatic carbocycles. The van der Waals surface area contributed by atoms with Gasteiger partial charge in [-0.2, -0.15) is 0 Å². The van der Waals surface area contributed by atoms with Gasteiger partial charge in [0.25, 0.3) is 0 Å². The monoisotopic (exact) mass is 495 g/mol. The minimum atomic E-state index is -0.943. The third-order valence-electron chi connectivity index (χ3n) is 5.65. The first kappa shape index (κ1) is 26.7.